The number of amides is 2. The van der Waals surface area contributed by atoms with Gasteiger partial charge in [0.15, 0.2) is 0 Å². The van der Waals surface area contributed by atoms with Crippen molar-refractivity contribution in [1.82, 2.24) is 25.3 Å². The first kappa shape index (κ1) is 24.4. The van der Waals surface area contributed by atoms with E-state index >= 15 is 0 Å². The lowest BCUT2D eigenvalue weighted by atomic mass is 9.87. The molecule has 0 fully saturated rings. The summed E-state index contributed by atoms with van der Waals surface area (Å²) in [6.07, 6.45) is 10.6. The monoisotopic (exact) mass is 439 g/mol. The third-order valence-corrected chi connectivity index (χ3v) is 5.61. The molecule has 1 aromatic heterocycles. The summed E-state index contributed by atoms with van der Waals surface area (Å²) in [5, 5.41) is 10.6. The first-order valence-electron chi connectivity index (χ1n) is 10.5. The number of nitrogens with zero attached hydrogens (tertiary/aromatic N) is 3. The average molecular weight is 440 g/mol. The van der Waals surface area contributed by atoms with Gasteiger partial charge in [-0.3, -0.25) is 14.3 Å². The van der Waals surface area contributed by atoms with Crippen LogP contribution in [0.3, 0.4) is 0 Å². The van der Waals surface area contributed by atoms with Gasteiger partial charge in [0, 0.05) is 26.4 Å². The van der Waals surface area contributed by atoms with Crippen molar-refractivity contribution in [3.8, 4) is 0 Å². The molecule has 0 aliphatic heterocycles. The highest BCUT2D eigenvalue weighted by Crippen LogP contribution is 2.32. The van der Waals surface area contributed by atoms with E-state index in [2.05, 4.69) is 26.7 Å². The number of methoxy groups -OCH3 is 1. The van der Waals surface area contributed by atoms with Crippen LogP contribution in [-0.4, -0.2) is 73.4 Å². The molecule has 2 unspecified atom stereocenters. The molecule has 1 aromatic rings. The summed E-state index contributed by atoms with van der Waals surface area (Å²) in [6.45, 7) is 5.20. The molecule has 0 saturated heterocycles. The number of carbonyl (C=O) groups excluding carboxylic acids is 2. The van der Waals surface area contributed by atoms with Gasteiger partial charge in [-0.25, -0.2) is 0 Å². The Labute approximate surface area is 184 Å². The van der Waals surface area contributed by atoms with Crippen molar-refractivity contribution in [2.45, 2.75) is 38.6 Å². The van der Waals surface area contributed by atoms with Gasteiger partial charge >= 0.3 is 0 Å². The van der Waals surface area contributed by atoms with Crippen LogP contribution in [0, 0.1) is 5.41 Å². The van der Waals surface area contributed by atoms with Gasteiger partial charge in [-0.1, -0.05) is 23.8 Å². The molecule has 8 nitrogen and oxygen atoms in total. The van der Waals surface area contributed by atoms with E-state index in [9.17, 15) is 9.59 Å². The largest absolute Gasteiger partial charge is 0.383 e. The van der Waals surface area contributed by atoms with Gasteiger partial charge in [-0.15, -0.1) is 0 Å². The molecule has 1 heterocycles. The Bertz CT molecular complexity index is 723. The molecule has 2 rings (SSSR count). The van der Waals surface area contributed by atoms with Crippen molar-refractivity contribution in [3.63, 3.8) is 0 Å². The third kappa shape index (κ3) is 7.11. The van der Waals surface area contributed by atoms with Gasteiger partial charge in [-0.05, 0) is 52.7 Å². The first-order valence-corrected chi connectivity index (χ1v) is 10.9. The Morgan fingerprint density at radius 1 is 1.33 bits per heavy atom. The summed E-state index contributed by atoms with van der Waals surface area (Å²) in [5.41, 5.74) is -0.502. The minimum Gasteiger partial charge on any atom is -0.383 e. The maximum Gasteiger partial charge on any atom is 0.244 e. The normalized spacial score (nSPS) is 19.2. The van der Waals surface area contributed by atoms with Crippen molar-refractivity contribution < 1.29 is 14.3 Å². The van der Waals surface area contributed by atoms with Gasteiger partial charge < -0.3 is 20.3 Å². The maximum atomic E-state index is 12.5. The van der Waals surface area contributed by atoms with Gasteiger partial charge in [0.1, 0.15) is 6.04 Å². The van der Waals surface area contributed by atoms with Crippen LogP contribution in [0.1, 0.15) is 38.6 Å². The lowest BCUT2D eigenvalue weighted by molar-refractivity contribution is -0.131. The molecule has 0 aromatic carbocycles. The van der Waals surface area contributed by atoms with Gasteiger partial charge in [0.25, 0.3) is 0 Å². The number of ether oxygens (including phenoxy) is 1. The second-order valence-corrected chi connectivity index (χ2v) is 8.34. The number of hydrogen-bond acceptors (Lipinski definition) is 5. The summed E-state index contributed by atoms with van der Waals surface area (Å²) in [5.74, 6) is -0.0258. The molecule has 0 radical (unpaired) electrons. The van der Waals surface area contributed by atoms with Gasteiger partial charge in [-0.2, -0.15) is 5.10 Å². The SMILES string of the molecule is COCC1(C(=O)NCCCN(C)CCCNC(=O)C(C)n2cc(Cl)cn2)C=CCC1. The second-order valence-electron chi connectivity index (χ2n) is 7.90. The lowest BCUT2D eigenvalue weighted by Crippen LogP contribution is -2.42. The maximum absolute atomic E-state index is 12.5. The quantitative estimate of drug-likeness (QED) is 0.362. The van der Waals surface area contributed by atoms with Crippen molar-refractivity contribution in [2.24, 2.45) is 5.41 Å². The fourth-order valence-electron chi connectivity index (χ4n) is 3.56. The highest BCUT2D eigenvalue weighted by atomic mass is 35.5. The molecule has 1 aliphatic rings. The van der Waals surface area contributed by atoms with Crippen molar-refractivity contribution in [1.29, 1.82) is 0 Å². The van der Waals surface area contributed by atoms with Crippen LogP contribution in [-0.2, 0) is 14.3 Å². The average Bonchev–Trinajstić information content (AvgIpc) is 3.38. The molecule has 2 amide bonds. The molecule has 0 bridgehead atoms. The van der Waals surface area contributed by atoms with Crippen LogP contribution in [0.5, 0.6) is 0 Å². The molecule has 9 heteroatoms. The molecule has 1 aliphatic carbocycles. The number of carbonyl (C=O) groups is 2. The van der Waals surface area contributed by atoms with Gasteiger partial charge in [0.2, 0.25) is 11.8 Å². The van der Waals surface area contributed by atoms with Crippen molar-refractivity contribution >= 4 is 23.4 Å². The van der Waals surface area contributed by atoms with E-state index in [1.807, 2.05) is 13.1 Å². The van der Waals surface area contributed by atoms with E-state index in [0.717, 1.165) is 38.8 Å². The zero-order valence-electron chi connectivity index (χ0n) is 18.2. The number of hydrogen-bond donors (Lipinski definition) is 2. The highest BCUT2D eigenvalue weighted by Gasteiger charge is 2.37. The number of rotatable bonds is 13. The number of nitrogens with one attached hydrogen (secondary N) is 2. The third-order valence-electron chi connectivity index (χ3n) is 5.41. The van der Waals surface area contributed by atoms with E-state index in [4.69, 9.17) is 16.3 Å². The molecule has 168 valence electrons. The molecule has 2 atom stereocenters. The lowest BCUT2D eigenvalue weighted by Gasteiger charge is -2.25. The summed E-state index contributed by atoms with van der Waals surface area (Å²) >= 11 is 5.84. The number of allylic oxidation sites excluding steroid dienone is 1. The predicted octanol–water partition coefficient (Wildman–Crippen LogP) is 2.02. The number of aromatic nitrogens is 2. The smallest absolute Gasteiger partial charge is 0.244 e. The minimum absolute atomic E-state index is 0.0519. The van der Waals surface area contributed by atoms with Crippen molar-refractivity contribution in [3.05, 3.63) is 29.6 Å². The summed E-state index contributed by atoms with van der Waals surface area (Å²) in [6, 6.07) is -0.394. The van der Waals surface area contributed by atoms with E-state index in [-0.39, 0.29) is 11.8 Å². The van der Waals surface area contributed by atoms with Crippen LogP contribution in [0.2, 0.25) is 5.02 Å². The Morgan fingerprint density at radius 3 is 2.60 bits per heavy atom. The topological polar surface area (TPSA) is 88.5 Å². The molecule has 0 saturated carbocycles. The van der Waals surface area contributed by atoms with Crippen LogP contribution < -0.4 is 10.6 Å². The Balaban J connectivity index is 1.56. The van der Waals surface area contributed by atoms with Crippen LogP contribution in [0.4, 0.5) is 0 Å². The number of halogens is 1. The Morgan fingerprint density at radius 2 is 2.03 bits per heavy atom. The summed E-state index contributed by atoms with van der Waals surface area (Å²) < 4.78 is 6.80. The van der Waals surface area contributed by atoms with Gasteiger partial charge in [0.05, 0.1) is 23.2 Å². The summed E-state index contributed by atoms with van der Waals surface area (Å²) in [4.78, 5) is 26.9. The Kier molecular flexibility index (Phi) is 9.81. The zero-order valence-corrected chi connectivity index (χ0v) is 19.0. The molecule has 2 N–H and O–H groups in total. The zero-order chi connectivity index (χ0) is 22.0. The minimum atomic E-state index is -0.502. The van der Waals surface area contributed by atoms with Crippen molar-refractivity contribution in [2.75, 3.05) is 46.9 Å². The summed E-state index contributed by atoms with van der Waals surface area (Å²) in [7, 11) is 3.68. The standard InChI is InChI=1S/C21H34ClN5O3/c1-17(27-15-18(22)14-25-27)19(28)23-10-6-12-26(2)13-7-11-24-20(29)21(16-30-3)8-4-5-9-21/h4,8,14-15,17H,5-7,9-13,16H2,1-3H3,(H,23,28)(H,24,29). The van der Waals surface area contributed by atoms with Crippen LogP contribution in [0.25, 0.3) is 0 Å². The Hall–Kier alpha value is -1.90. The van der Waals surface area contributed by atoms with Crippen LogP contribution in [0.15, 0.2) is 24.5 Å². The highest BCUT2D eigenvalue weighted by molar-refractivity contribution is 6.30. The fraction of sp³-hybridized carbons (Fsp3) is 0.667. The predicted molar refractivity (Wildman–Crippen MR) is 117 cm³/mol. The molecule has 30 heavy (non-hydrogen) atoms. The molecular weight excluding hydrogens is 406 g/mol. The van der Waals surface area contributed by atoms with Crippen LogP contribution >= 0.6 is 11.6 Å². The first-order chi connectivity index (χ1) is 14.4. The fourth-order valence-corrected chi connectivity index (χ4v) is 3.70. The van der Waals surface area contributed by atoms with E-state index in [0.29, 0.717) is 24.7 Å². The van der Waals surface area contributed by atoms with E-state index < -0.39 is 11.5 Å². The molecular formula is C21H34ClN5O3. The second kappa shape index (κ2) is 12.1. The van der Waals surface area contributed by atoms with E-state index in [1.54, 1.807) is 24.9 Å². The van der Waals surface area contributed by atoms with E-state index in [1.165, 1.54) is 6.20 Å². The molecule has 0 spiro atoms.